The van der Waals surface area contributed by atoms with Gasteiger partial charge in [-0.25, -0.2) is 4.79 Å². The molecule has 0 N–H and O–H groups in total. The lowest BCUT2D eigenvalue weighted by atomic mass is 9.87. The average molecular weight is 326 g/mol. The normalized spacial score (nSPS) is 18.5. The van der Waals surface area contributed by atoms with Crippen LogP contribution in [-0.2, 0) is 14.3 Å². The number of amides is 1. The van der Waals surface area contributed by atoms with Gasteiger partial charge in [-0.15, -0.1) is 0 Å². The predicted molar refractivity (Wildman–Crippen MR) is 81.4 cm³/mol. The number of halogens is 1. The summed E-state index contributed by atoms with van der Waals surface area (Å²) in [5, 5.41) is 0. The van der Waals surface area contributed by atoms with Crippen molar-refractivity contribution < 1.29 is 19.1 Å². The lowest BCUT2D eigenvalue weighted by Crippen LogP contribution is -2.46. The summed E-state index contributed by atoms with van der Waals surface area (Å²) in [7, 11) is 0. The summed E-state index contributed by atoms with van der Waals surface area (Å²) >= 11 is 5.49. The zero-order valence-corrected chi connectivity index (χ0v) is 13.3. The molecule has 5 nitrogen and oxygen atoms in total. The number of hydrogen-bond donors (Lipinski definition) is 0. The maximum atomic E-state index is 12.0. The first-order valence-electron chi connectivity index (χ1n) is 7.19. The van der Waals surface area contributed by atoms with Crippen LogP contribution in [0, 0.1) is 0 Å². The number of carbonyl (C=O) groups is 1. The van der Waals surface area contributed by atoms with Crippen LogP contribution in [0.5, 0.6) is 0 Å². The SMILES string of the molecule is C[C@H](c1ccccc1)C1CCCCN1C(=O)OCCl.O=C=O. The van der Waals surface area contributed by atoms with E-state index in [1.165, 1.54) is 5.56 Å². The number of alkyl halides is 1. The van der Waals surface area contributed by atoms with Gasteiger partial charge in [-0.2, -0.15) is 9.59 Å². The van der Waals surface area contributed by atoms with E-state index >= 15 is 0 Å². The van der Waals surface area contributed by atoms with Gasteiger partial charge in [0, 0.05) is 18.5 Å². The summed E-state index contributed by atoms with van der Waals surface area (Å²) in [5.41, 5.74) is 1.26. The van der Waals surface area contributed by atoms with Crippen LogP contribution in [0.2, 0.25) is 0 Å². The highest BCUT2D eigenvalue weighted by Crippen LogP contribution is 2.30. The number of carbonyl (C=O) groups excluding carboxylic acids is 3. The molecule has 2 rings (SSSR count). The van der Waals surface area contributed by atoms with E-state index < -0.39 is 0 Å². The van der Waals surface area contributed by atoms with E-state index in [1.54, 1.807) is 0 Å². The van der Waals surface area contributed by atoms with E-state index in [0.717, 1.165) is 25.8 Å². The van der Waals surface area contributed by atoms with Crippen molar-refractivity contribution in [2.75, 3.05) is 12.6 Å². The Morgan fingerprint density at radius 3 is 2.59 bits per heavy atom. The first kappa shape index (κ1) is 18.2. The van der Waals surface area contributed by atoms with Gasteiger partial charge in [-0.1, -0.05) is 48.9 Å². The zero-order valence-electron chi connectivity index (χ0n) is 12.5. The summed E-state index contributed by atoms with van der Waals surface area (Å²) in [6, 6.07) is 10.4. The van der Waals surface area contributed by atoms with Crippen molar-refractivity contribution in [1.29, 1.82) is 0 Å². The van der Waals surface area contributed by atoms with Crippen LogP contribution in [0.15, 0.2) is 30.3 Å². The molecule has 120 valence electrons. The van der Waals surface area contributed by atoms with E-state index in [4.69, 9.17) is 25.9 Å². The number of hydrogen-bond acceptors (Lipinski definition) is 4. The van der Waals surface area contributed by atoms with Crippen molar-refractivity contribution in [3.8, 4) is 0 Å². The molecule has 0 aromatic heterocycles. The maximum Gasteiger partial charge on any atom is 0.411 e. The molecule has 1 aliphatic rings. The molecule has 1 unspecified atom stereocenters. The third-order valence-electron chi connectivity index (χ3n) is 3.86. The molecule has 1 aliphatic heterocycles. The minimum absolute atomic E-state index is 0.0816. The molecule has 2 atom stereocenters. The fourth-order valence-corrected chi connectivity index (χ4v) is 2.91. The molecule has 0 spiro atoms. The van der Waals surface area contributed by atoms with Crippen LogP contribution in [0.4, 0.5) is 4.79 Å². The summed E-state index contributed by atoms with van der Waals surface area (Å²) in [5.74, 6) is 0.310. The molecule has 0 bridgehead atoms. The highest BCUT2D eigenvalue weighted by atomic mass is 35.5. The number of likely N-dealkylation sites (tertiary alicyclic amines) is 1. The largest absolute Gasteiger partial charge is 0.433 e. The lowest BCUT2D eigenvalue weighted by molar-refractivity contribution is -0.191. The fourth-order valence-electron chi connectivity index (χ4n) is 2.81. The van der Waals surface area contributed by atoms with Crippen LogP contribution < -0.4 is 0 Å². The third-order valence-corrected chi connectivity index (χ3v) is 3.97. The van der Waals surface area contributed by atoms with E-state index in [1.807, 2.05) is 23.1 Å². The summed E-state index contributed by atoms with van der Waals surface area (Å²) < 4.78 is 4.95. The molecular formula is C16H20ClNO4. The van der Waals surface area contributed by atoms with Crippen molar-refractivity contribution in [3.05, 3.63) is 35.9 Å². The summed E-state index contributed by atoms with van der Waals surface area (Å²) in [4.78, 5) is 30.1. The van der Waals surface area contributed by atoms with Crippen molar-refractivity contribution in [2.24, 2.45) is 0 Å². The van der Waals surface area contributed by atoms with Crippen LogP contribution >= 0.6 is 11.6 Å². The van der Waals surface area contributed by atoms with Crippen molar-refractivity contribution in [3.63, 3.8) is 0 Å². The van der Waals surface area contributed by atoms with Crippen LogP contribution in [0.3, 0.4) is 0 Å². The van der Waals surface area contributed by atoms with Gasteiger partial charge in [0.2, 0.25) is 0 Å². The monoisotopic (exact) mass is 325 g/mol. The average Bonchev–Trinajstić information content (AvgIpc) is 2.56. The van der Waals surface area contributed by atoms with Gasteiger partial charge in [-0.3, -0.25) is 0 Å². The third kappa shape index (κ3) is 5.17. The summed E-state index contributed by atoms with van der Waals surface area (Å²) in [6.45, 7) is 2.93. The fraction of sp³-hybridized carbons (Fsp3) is 0.500. The molecule has 0 aliphatic carbocycles. The Morgan fingerprint density at radius 2 is 2.00 bits per heavy atom. The Balaban J connectivity index is 0.000000745. The molecule has 1 aromatic rings. The quantitative estimate of drug-likeness (QED) is 0.799. The molecule has 1 saturated heterocycles. The van der Waals surface area contributed by atoms with Gasteiger partial charge < -0.3 is 9.64 Å². The minimum atomic E-state index is -0.289. The second-order valence-electron chi connectivity index (χ2n) is 5.06. The standard InChI is InChI=1S/C15H20ClNO2.CO2/c1-12(13-7-3-2-4-8-13)14-9-5-6-10-17(14)15(18)19-11-16;2-1-3/h2-4,7-8,12,14H,5-6,9-11H2,1H3;/t12-,14?;/m1./s1. The smallest absolute Gasteiger partial charge is 0.411 e. The lowest BCUT2D eigenvalue weighted by Gasteiger charge is -2.38. The predicted octanol–water partition coefficient (Wildman–Crippen LogP) is 3.39. The second-order valence-corrected chi connectivity index (χ2v) is 5.28. The van der Waals surface area contributed by atoms with Crippen molar-refractivity contribution in [1.82, 2.24) is 4.90 Å². The first-order valence-corrected chi connectivity index (χ1v) is 7.72. The van der Waals surface area contributed by atoms with Gasteiger partial charge in [-0.05, 0) is 24.8 Å². The Hall–Kier alpha value is -1.84. The number of piperidine rings is 1. The van der Waals surface area contributed by atoms with E-state index in [-0.39, 0.29) is 24.4 Å². The molecule has 0 saturated carbocycles. The van der Waals surface area contributed by atoms with Crippen LogP contribution in [0.25, 0.3) is 0 Å². The summed E-state index contributed by atoms with van der Waals surface area (Å²) in [6.07, 6.45) is 3.18. The Bertz CT molecular complexity index is 488. The van der Waals surface area contributed by atoms with Gasteiger partial charge in [0.05, 0.1) is 0 Å². The number of benzene rings is 1. The van der Waals surface area contributed by atoms with E-state index in [2.05, 4.69) is 19.1 Å². The number of rotatable bonds is 3. The molecule has 0 radical (unpaired) electrons. The number of nitrogens with zero attached hydrogens (tertiary/aromatic N) is 1. The van der Waals surface area contributed by atoms with Crippen molar-refractivity contribution in [2.45, 2.75) is 38.1 Å². The highest BCUT2D eigenvalue weighted by Gasteiger charge is 2.32. The molecule has 1 aromatic carbocycles. The second kappa shape index (κ2) is 9.98. The topological polar surface area (TPSA) is 63.7 Å². The molecular weight excluding hydrogens is 306 g/mol. The van der Waals surface area contributed by atoms with Crippen LogP contribution in [-0.4, -0.2) is 35.8 Å². The molecule has 1 amide bonds. The van der Waals surface area contributed by atoms with Crippen LogP contribution in [0.1, 0.15) is 37.7 Å². The first-order chi connectivity index (χ1) is 10.7. The van der Waals surface area contributed by atoms with E-state index in [9.17, 15) is 4.79 Å². The maximum absolute atomic E-state index is 12.0. The molecule has 1 fully saturated rings. The Labute approximate surface area is 135 Å². The number of ether oxygens (including phenoxy) is 1. The van der Waals surface area contributed by atoms with Gasteiger partial charge in [0.1, 0.15) is 0 Å². The Kier molecular flexibility index (Phi) is 8.26. The van der Waals surface area contributed by atoms with E-state index in [0.29, 0.717) is 5.92 Å². The van der Waals surface area contributed by atoms with Gasteiger partial charge in [0.15, 0.2) is 6.07 Å². The molecule has 6 heteroatoms. The molecule has 22 heavy (non-hydrogen) atoms. The van der Waals surface area contributed by atoms with Gasteiger partial charge in [0.25, 0.3) is 0 Å². The molecule has 1 heterocycles. The van der Waals surface area contributed by atoms with Crippen molar-refractivity contribution >= 4 is 23.8 Å². The highest BCUT2D eigenvalue weighted by molar-refractivity contribution is 6.17. The minimum Gasteiger partial charge on any atom is -0.433 e. The van der Waals surface area contributed by atoms with Gasteiger partial charge >= 0.3 is 12.2 Å². The zero-order chi connectivity index (χ0) is 16.4. The Morgan fingerprint density at radius 1 is 1.36 bits per heavy atom.